The van der Waals surface area contributed by atoms with E-state index in [1.165, 1.54) is 17.3 Å². The Kier molecular flexibility index (Phi) is 4.37. The zero-order valence-corrected chi connectivity index (χ0v) is 13.4. The summed E-state index contributed by atoms with van der Waals surface area (Å²) in [6, 6.07) is 8.11. The van der Waals surface area contributed by atoms with Crippen LogP contribution in [0.5, 0.6) is 0 Å². The molecular weight excluding hydrogens is 286 g/mol. The Balaban J connectivity index is 2.42. The molecule has 0 fully saturated rings. The Labute approximate surface area is 128 Å². The third-order valence-electron chi connectivity index (χ3n) is 3.14. The van der Waals surface area contributed by atoms with Crippen LogP contribution < -0.4 is 0 Å². The fraction of sp³-hybridized carbons (Fsp3) is 0.400. The average molecular weight is 305 g/mol. The van der Waals surface area contributed by atoms with Gasteiger partial charge in [-0.15, -0.1) is 10.2 Å². The molecule has 1 aromatic carbocycles. The number of carboxylic acids is 1. The van der Waals surface area contributed by atoms with E-state index in [0.29, 0.717) is 5.16 Å². The van der Waals surface area contributed by atoms with Crippen LogP contribution in [0, 0.1) is 0 Å². The van der Waals surface area contributed by atoms with Crippen LogP contribution in [-0.4, -0.2) is 31.6 Å². The van der Waals surface area contributed by atoms with Crippen molar-refractivity contribution in [3.8, 4) is 11.4 Å². The van der Waals surface area contributed by atoms with Gasteiger partial charge in [0.05, 0.1) is 5.75 Å². The van der Waals surface area contributed by atoms with Gasteiger partial charge in [-0.1, -0.05) is 56.8 Å². The minimum absolute atomic E-state index is 0.00306. The normalized spacial score (nSPS) is 11.6. The van der Waals surface area contributed by atoms with Gasteiger partial charge >= 0.3 is 5.97 Å². The molecule has 1 heterocycles. The largest absolute Gasteiger partial charge is 0.481 e. The van der Waals surface area contributed by atoms with E-state index in [9.17, 15) is 4.79 Å². The zero-order valence-electron chi connectivity index (χ0n) is 12.6. The van der Waals surface area contributed by atoms with Gasteiger partial charge in [-0.05, 0) is 11.0 Å². The van der Waals surface area contributed by atoms with E-state index in [2.05, 4.69) is 37.0 Å². The van der Waals surface area contributed by atoms with E-state index in [1.54, 1.807) is 0 Å². The van der Waals surface area contributed by atoms with E-state index in [1.807, 2.05) is 29.8 Å². The average Bonchev–Trinajstić information content (AvgIpc) is 2.76. The standard InChI is InChI=1S/C15H19N3O2S/c1-15(2,3)11-8-6-5-7-10(11)13-16-17-14(18(13)4)21-9-12(19)20/h5-8H,9H2,1-4H3,(H,19,20). The number of carbonyl (C=O) groups is 1. The molecule has 0 aliphatic carbocycles. The number of hydrogen-bond donors (Lipinski definition) is 1. The number of aromatic nitrogens is 3. The molecule has 1 N–H and O–H groups in total. The number of thioether (sulfide) groups is 1. The van der Waals surface area contributed by atoms with E-state index in [-0.39, 0.29) is 11.2 Å². The molecule has 5 nitrogen and oxygen atoms in total. The second-order valence-electron chi connectivity index (χ2n) is 5.84. The van der Waals surface area contributed by atoms with Crippen LogP contribution in [0.2, 0.25) is 0 Å². The van der Waals surface area contributed by atoms with Gasteiger partial charge in [0.15, 0.2) is 11.0 Å². The molecule has 0 amide bonds. The third-order valence-corrected chi connectivity index (χ3v) is 4.14. The number of rotatable bonds is 4. The van der Waals surface area contributed by atoms with Crippen LogP contribution in [0.15, 0.2) is 29.4 Å². The van der Waals surface area contributed by atoms with E-state index in [0.717, 1.165) is 11.4 Å². The first-order valence-corrected chi connectivity index (χ1v) is 7.63. The van der Waals surface area contributed by atoms with Crippen LogP contribution in [0.1, 0.15) is 26.3 Å². The number of hydrogen-bond acceptors (Lipinski definition) is 4. The van der Waals surface area contributed by atoms with Crippen LogP contribution in [0.3, 0.4) is 0 Å². The maximum absolute atomic E-state index is 10.7. The zero-order chi connectivity index (χ0) is 15.6. The van der Waals surface area contributed by atoms with Crippen molar-refractivity contribution in [3.05, 3.63) is 29.8 Å². The summed E-state index contributed by atoms with van der Waals surface area (Å²) in [7, 11) is 1.86. The Morgan fingerprint density at radius 2 is 1.95 bits per heavy atom. The van der Waals surface area contributed by atoms with Crippen LogP contribution in [-0.2, 0) is 17.3 Å². The number of benzene rings is 1. The third kappa shape index (κ3) is 3.44. The molecule has 6 heteroatoms. The lowest BCUT2D eigenvalue weighted by atomic mass is 9.83. The van der Waals surface area contributed by atoms with Crippen molar-refractivity contribution in [2.75, 3.05) is 5.75 Å². The van der Waals surface area contributed by atoms with Crippen LogP contribution >= 0.6 is 11.8 Å². The topological polar surface area (TPSA) is 68.0 Å². The van der Waals surface area contributed by atoms with Crippen molar-refractivity contribution < 1.29 is 9.90 Å². The molecule has 0 radical (unpaired) electrons. The minimum atomic E-state index is -0.861. The lowest BCUT2D eigenvalue weighted by Crippen LogP contribution is -2.13. The smallest absolute Gasteiger partial charge is 0.313 e. The molecule has 0 atom stereocenters. The fourth-order valence-electron chi connectivity index (χ4n) is 2.13. The van der Waals surface area contributed by atoms with Gasteiger partial charge in [0, 0.05) is 12.6 Å². The van der Waals surface area contributed by atoms with Crippen molar-refractivity contribution in [1.29, 1.82) is 0 Å². The first-order valence-electron chi connectivity index (χ1n) is 6.64. The fourth-order valence-corrected chi connectivity index (χ4v) is 2.76. The molecule has 2 rings (SSSR count). The van der Waals surface area contributed by atoms with E-state index >= 15 is 0 Å². The highest BCUT2D eigenvalue weighted by atomic mass is 32.2. The van der Waals surface area contributed by atoms with Gasteiger partial charge in [-0.3, -0.25) is 4.79 Å². The summed E-state index contributed by atoms with van der Waals surface area (Å²) in [5.41, 5.74) is 2.22. The van der Waals surface area contributed by atoms with Crippen molar-refractivity contribution in [2.24, 2.45) is 7.05 Å². The Morgan fingerprint density at radius 3 is 2.57 bits per heavy atom. The van der Waals surface area contributed by atoms with Gasteiger partial charge < -0.3 is 9.67 Å². The highest BCUT2D eigenvalue weighted by Crippen LogP contribution is 2.32. The molecule has 0 aliphatic heterocycles. The van der Waals surface area contributed by atoms with E-state index in [4.69, 9.17) is 5.11 Å². The molecule has 112 valence electrons. The maximum atomic E-state index is 10.7. The molecule has 0 saturated carbocycles. The number of carboxylic acid groups (broad SMARTS) is 1. The molecule has 0 saturated heterocycles. The molecular formula is C15H19N3O2S. The van der Waals surface area contributed by atoms with Crippen molar-refractivity contribution in [1.82, 2.24) is 14.8 Å². The lowest BCUT2D eigenvalue weighted by Gasteiger charge is -2.22. The second-order valence-corrected chi connectivity index (χ2v) is 6.79. The van der Waals surface area contributed by atoms with Gasteiger partial charge in [0.25, 0.3) is 0 Å². The Bertz CT molecular complexity index is 659. The Hall–Kier alpha value is -1.82. The summed E-state index contributed by atoms with van der Waals surface area (Å²) >= 11 is 1.17. The molecule has 1 aromatic heterocycles. The van der Waals surface area contributed by atoms with E-state index < -0.39 is 5.97 Å². The number of aliphatic carboxylic acids is 1. The summed E-state index contributed by atoms with van der Waals surface area (Å²) in [6.07, 6.45) is 0. The first-order chi connectivity index (χ1) is 9.80. The minimum Gasteiger partial charge on any atom is -0.481 e. The molecule has 0 aliphatic rings. The molecule has 21 heavy (non-hydrogen) atoms. The quantitative estimate of drug-likeness (QED) is 0.880. The van der Waals surface area contributed by atoms with Crippen LogP contribution in [0.25, 0.3) is 11.4 Å². The van der Waals surface area contributed by atoms with Crippen molar-refractivity contribution >= 4 is 17.7 Å². The summed E-state index contributed by atoms with van der Waals surface area (Å²) in [5, 5.41) is 17.7. The lowest BCUT2D eigenvalue weighted by molar-refractivity contribution is -0.133. The van der Waals surface area contributed by atoms with Crippen molar-refractivity contribution in [3.63, 3.8) is 0 Å². The molecule has 0 unspecified atom stereocenters. The molecule has 0 spiro atoms. The summed E-state index contributed by atoms with van der Waals surface area (Å²) in [4.78, 5) is 10.7. The molecule has 0 bridgehead atoms. The van der Waals surface area contributed by atoms with Gasteiger partial charge in [0.1, 0.15) is 0 Å². The van der Waals surface area contributed by atoms with Gasteiger partial charge in [0.2, 0.25) is 0 Å². The summed E-state index contributed by atoms with van der Waals surface area (Å²) in [6.45, 7) is 6.47. The first kappa shape index (κ1) is 15.6. The predicted octanol–water partition coefficient (Wildman–Crippen LogP) is 2.96. The summed E-state index contributed by atoms with van der Waals surface area (Å²) < 4.78 is 1.85. The van der Waals surface area contributed by atoms with Gasteiger partial charge in [-0.25, -0.2) is 0 Å². The highest BCUT2D eigenvalue weighted by molar-refractivity contribution is 7.99. The maximum Gasteiger partial charge on any atom is 0.313 e. The monoisotopic (exact) mass is 305 g/mol. The number of nitrogens with zero attached hydrogens (tertiary/aromatic N) is 3. The SMILES string of the molecule is Cn1c(SCC(=O)O)nnc1-c1ccccc1C(C)(C)C. The highest BCUT2D eigenvalue weighted by Gasteiger charge is 2.21. The summed E-state index contributed by atoms with van der Waals surface area (Å²) in [5.74, 6) is -0.125. The van der Waals surface area contributed by atoms with Gasteiger partial charge in [-0.2, -0.15) is 0 Å². The Morgan fingerprint density at radius 1 is 1.29 bits per heavy atom. The second kappa shape index (κ2) is 5.89. The van der Waals surface area contributed by atoms with Crippen molar-refractivity contribution in [2.45, 2.75) is 31.3 Å². The predicted molar refractivity (Wildman–Crippen MR) is 83.5 cm³/mol. The van der Waals surface area contributed by atoms with Crippen LogP contribution in [0.4, 0.5) is 0 Å². The molecule has 2 aromatic rings.